The zero-order chi connectivity index (χ0) is 22.8. The summed E-state index contributed by atoms with van der Waals surface area (Å²) in [6.07, 6.45) is 0.343. The summed E-state index contributed by atoms with van der Waals surface area (Å²) in [6, 6.07) is 12.9. The lowest BCUT2D eigenvalue weighted by atomic mass is 10.2. The first kappa shape index (κ1) is 21.1. The molecule has 0 aliphatic carbocycles. The van der Waals surface area contributed by atoms with Crippen LogP contribution in [0.15, 0.2) is 42.5 Å². The SMILES string of the molecule is COc1cc(OC)cc(-n2c(N)c(-c3nc4ccccc4[nH]3)c(O)c2CCNC(C)=O)c1. The highest BCUT2D eigenvalue weighted by atomic mass is 16.5. The molecule has 0 aliphatic rings. The van der Waals surface area contributed by atoms with E-state index in [1.165, 1.54) is 6.92 Å². The Labute approximate surface area is 184 Å². The number of aromatic amines is 1. The number of H-pyrrole nitrogens is 1. The number of methoxy groups -OCH3 is 2. The van der Waals surface area contributed by atoms with Gasteiger partial charge in [-0.25, -0.2) is 4.98 Å². The van der Waals surface area contributed by atoms with E-state index >= 15 is 0 Å². The first-order chi connectivity index (χ1) is 15.4. The first-order valence-corrected chi connectivity index (χ1v) is 10.1. The highest BCUT2D eigenvalue weighted by Gasteiger charge is 2.25. The largest absolute Gasteiger partial charge is 0.505 e. The van der Waals surface area contributed by atoms with Crippen LogP contribution in [0.2, 0.25) is 0 Å². The smallest absolute Gasteiger partial charge is 0.216 e. The standard InChI is InChI=1S/C23H25N5O4/c1-13(29)25-9-8-19-21(30)20(23-26-17-6-4-5-7-18(17)27-23)22(24)28(19)14-10-15(31-2)12-16(11-14)32-3/h4-7,10-12,30H,8-9,24H2,1-3H3,(H,25,29)(H,26,27). The van der Waals surface area contributed by atoms with Gasteiger partial charge in [0.05, 0.1) is 36.6 Å². The molecule has 0 aliphatic heterocycles. The monoisotopic (exact) mass is 435 g/mol. The van der Waals surface area contributed by atoms with Gasteiger partial charge >= 0.3 is 0 Å². The zero-order valence-corrected chi connectivity index (χ0v) is 18.1. The third-order valence-corrected chi connectivity index (χ3v) is 5.23. The molecule has 0 bridgehead atoms. The van der Waals surface area contributed by atoms with Crippen LogP contribution in [-0.4, -0.2) is 46.3 Å². The van der Waals surface area contributed by atoms with Crippen molar-refractivity contribution < 1.29 is 19.4 Å². The number of rotatable bonds is 7. The van der Waals surface area contributed by atoms with Crippen LogP contribution in [0.5, 0.6) is 17.2 Å². The maximum Gasteiger partial charge on any atom is 0.216 e. The molecule has 1 amide bonds. The number of nitrogens with one attached hydrogen (secondary N) is 2. The Hall–Kier alpha value is -4.14. The van der Waals surface area contributed by atoms with Gasteiger partial charge in [0.2, 0.25) is 5.91 Å². The summed E-state index contributed by atoms with van der Waals surface area (Å²) in [7, 11) is 3.12. The number of para-hydroxylation sites is 2. The molecule has 0 saturated heterocycles. The highest BCUT2D eigenvalue weighted by molar-refractivity contribution is 5.86. The van der Waals surface area contributed by atoms with Crippen LogP contribution in [0.3, 0.4) is 0 Å². The second kappa shape index (κ2) is 8.54. The third kappa shape index (κ3) is 3.80. The number of aromatic nitrogens is 3. The molecule has 9 heteroatoms. The molecule has 9 nitrogen and oxygen atoms in total. The number of hydrogen-bond acceptors (Lipinski definition) is 6. The number of aromatic hydroxyl groups is 1. The summed E-state index contributed by atoms with van der Waals surface area (Å²) in [5.41, 5.74) is 9.74. The Balaban J connectivity index is 1.91. The fraction of sp³-hybridized carbons (Fsp3) is 0.217. The number of anilines is 1. The number of carbonyl (C=O) groups is 1. The van der Waals surface area contributed by atoms with Gasteiger partial charge in [0.1, 0.15) is 34.5 Å². The summed E-state index contributed by atoms with van der Waals surface area (Å²) in [4.78, 5) is 19.2. The second-order valence-electron chi connectivity index (χ2n) is 7.30. The molecule has 0 spiro atoms. The number of benzene rings is 2. The average Bonchev–Trinajstić information content (AvgIpc) is 3.31. The molecule has 5 N–H and O–H groups in total. The molecule has 0 atom stereocenters. The molecule has 32 heavy (non-hydrogen) atoms. The van der Waals surface area contributed by atoms with Crippen molar-refractivity contribution >= 4 is 22.8 Å². The van der Waals surface area contributed by atoms with Gasteiger partial charge in [-0.15, -0.1) is 0 Å². The van der Waals surface area contributed by atoms with Crippen molar-refractivity contribution in [1.29, 1.82) is 0 Å². The molecule has 0 radical (unpaired) electrons. The van der Waals surface area contributed by atoms with Crippen molar-refractivity contribution in [2.75, 3.05) is 26.5 Å². The van der Waals surface area contributed by atoms with Crippen LogP contribution >= 0.6 is 0 Å². The quantitative estimate of drug-likeness (QED) is 0.353. The van der Waals surface area contributed by atoms with Crippen LogP contribution in [-0.2, 0) is 11.2 Å². The summed E-state index contributed by atoms with van der Waals surface area (Å²) < 4.78 is 12.5. The molecular formula is C23H25N5O4. The minimum absolute atomic E-state index is 0.00584. The average molecular weight is 435 g/mol. The number of imidazole rings is 1. The maximum absolute atomic E-state index is 11.4. The van der Waals surface area contributed by atoms with E-state index in [9.17, 15) is 9.90 Å². The van der Waals surface area contributed by atoms with E-state index in [1.807, 2.05) is 24.3 Å². The van der Waals surface area contributed by atoms with Crippen molar-refractivity contribution in [3.8, 4) is 34.3 Å². The van der Waals surface area contributed by atoms with Gasteiger partial charge in [-0.2, -0.15) is 0 Å². The molecule has 4 rings (SSSR count). The number of fused-ring (bicyclic) bond motifs is 1. The summed E-state index contributed by atoms with van der Waals surface area (Å²) in [5.74, 6) is 1.74. The first-order valence-electron chi connectivity index (χ1n) is 10.1. The Bertz CT molecular complexity index is 1240. The number of hydrogen-bond donors (Lipinski definition) is 4. The van der Waals surface area contributed by atoms with Gasteiger partial charge in [0, 0.05) is 38.1 Å². The van der Waals surface area contributed by atoms with Gasteiger partial charge in [0.15, 0.2) is 0 Å². The van der Waals surface area contributed by atoms with Gasteiger partial charge in [-0.1, -0.05) is 12.1 Å². The molecule has 0 saturated carbocycles. The third-order valence-electron chi connectivity index (χ3n) is 5.23. The van der Waals surface area contributed by atoms with E-state index in [2.05, 4.69) is 15.3 Å². The molecular weight excluding hydrogens is 410 g/mol. The van der Waals surface area contributed by atoms with Crippen LogP contribution in [0.1, 0.15) is 12.6 Å². The van der Waals surface area contributed by atoms with Crippen LogP contribution in [0.4, 0.5) is 5.82 Å². The topological polar surface area (TPSA) is 127 Å². The van der Waals surface area contributed by atoms with Crippen molar-refractivity contribution in [3.05, 3.63) is 48.2 Å². The molecule has 2 aromatic heterocycles. The number of nitrogens with two attached hydrogens (primary N) is 1. The maximum atomic E-state index is 11.4. The van der Waals surface area contributed by atoms with Gasteiger partial charge in [-0.3, -0.25) is 9.36 Å². The Morgan fingerprint density at radius 1 is 1.19 bits per heavy atom. The number of amides is 1. The Morgan fingerprint density at radius 3 is 2.50 bits per heavy atom. The Kier molecular flexibility index (Phi) is 5.63. The predicted molar refractivity (Wildman–Crippen MR) is 122 cm³/mol. The highest BCUT2D eigenvalue weighted by Crippen LogP contribution is 2.42. The number of ether oxygens (including phenoxy) is 2. The van der Waals surface area contributed by atoms with E-state index in [0.717, 1.165) is 11.0 Å². The van der Waals surface area contributed by atoms with Gasteiger partial charge in [0.25, 0.3) is 0 Å². The predicted octanol–water partition coefficient (Wildman–Crippen LogP) is 3.00. The van der Waals surface area contributed by atoms with E-state index in [4.69, 9.17) is 15.2 Å². The van der Waals surface area contributed by atoms with Crippen molar-refractivity contribution in [2.24, 2.45) is 0 Å². The normalized spacial score (nSPS) is 11.0. The lowest BCUT2D eigenvalue weighted by Gasteiger charge is -2.14. The van der Waals surface area contributed by atoms with Crippen molar-refractivity contribution in [1.82, 2.24) is 19.9 Å². The molecule has 0 unspecified atom stereocenters. The molecule has 4 aromatic rings. The lowest BCUT2D eigenvalue weighted by molar-refractivity contribution is -0.118. The summed E-state index contributed by atoms with van der Waals surface area (Å²) in [5, 5.41) is 14.0. The minimum atomic E-state index is -0.156. The van der Waals surface area contributed by atoms with Crippen molar-refractivity contribution in [2.45, 2.75) is 13.3 Å². The fourth-order valence-corrected chi connectivity index (χ4v) is 3.74. The second-order valence-corrected chi connectivity index (χ2v) is 7.30. The lowest BCUT2D eigenvalue weighted by Crippen LogP contribution is -2.23. The number of nitrogens with zero attached hydrogens (tertiary/aromatic N) is 2. The van der Waals surface area contributed by atoms with Gasteiger partial charge in [-0.05, 0) is 12.1 Å². The van der Waals surface area contributed by atoms with E-state index in [1.54, 1.807) is 37.0 Å². The zero-order valence-electron chi connectivity index (χ0n) is 18.1. The minimum Gasteiger partial charge on any atom is -0.505 e. The van der Waals surface area contributed by atoms with Crippen LogP contribution in [0, 0.1) is 0 Å². The van der Waals surface area contributed by atoms with E-state index in [0.29, 0.717) is 53.1 Å². The number of nitrogen functional groups attached to an aromatic ring is 1. The number of carbonyl (C=O) groups excluding carboxylic acids is 1. The molecule has 2 heterocycles. The van der Waals surface area contributed by atoms with E-state index < -0.39 is 0 Å². The van der Waals surface area contributed by atoms with Gasteiger partial charge < -0.3 is 30.6 Å². The molecule has 166 valence electrons. The summed E-state index contributed by atoms with van der Waals surface area (Å²) in [6.45, 7) is 1.77. The van der Waals surface area contributed by atoms with E-state index in [-0.39, 0.29) is 11.7 Å². The van der Waals surface area contributed by atoms with Crippen LogP contribution in [0.25, 0.3) is 28.1 Å². The van der Waals surface area contributed by atoms with Crippen molar-refractivity contribution in [3.63, 3.8) is 0 Å². The van der Waals surface area contributed by atoms with Crippen LogP contribution < -0.4 is 20.5 Å². The Morgan fingerprint density at radius 2 is 1.88 bits per heavy atom. The summed E-state index contributed by atoms with van der Waals surface area (Å²) >= 11 is 0. The fourth-order valence-electron chi connectivity index (χ4n) is 3.74. The molecule has 0 fully saturated rings. The molecule has 2 aromatic carbocycles.